The molecule has 34 heavy (non-hydrogen) atoms. The van der Waals surface area contributed by atoms with Gasteiger partial charge in [0.2, 0.25) is 11.8 Å². The second kappa shape index (κ2) is 11.3. The van der Waals surface area contributed by atoms with Gasteiger partial charge in [0.05, 0.1) is 18.7 Å². The van der Waals surface area contributed by atoms with Gasteiger partial charge in [-0.3, -0.25) is 14.5 Å². The Balaban J connectivity index is 1.82. The molecule has 178 valence electrons. The third kappa shape index (κ3) is 5.47. The number of hydrogen-bond donors (Lipinski definition) is 1. The average Bonchev–Trinajstić information content (AvgIpc) is 3.53. The monoisotopic (exact) mass is 480 g/mol. The summed E-state index contributed by atoms with van der Waals surface area (Å²) in [6.07, 6.45) is 3.95. The Labute approximate surface area is 203 Å². The quantitative estimate of drug-likeness (QED) is 0.430. The number of carbonyl (C=O) groups excluding carboxylic acids is 2. The van der Waals surface area contributed by atoms with Crippen molar-refractivity contribution in [2.24, 2.45) is 0 Å². The summed E-state index contributed by atoms with van der Waals surface area (Å²) in [6.45, 7) is 2.25. The highest BCUT2D eigenvalue weighted by Gasteiger charge is 2.37. The van der Waals surface area contributed by atoms with E-state index in [-0.39, 0.29) is 29.8 Å². The number of nitrogens with zero attached hydrogens (tertiary/aromatic N) is 1. The molecule has 1 heterocycles. The highest BCUT2D eigenvalue weighted by Crippen LogP contribution is 2.37. The molecule has 1 N–H and O–H groups in total. The first-order valence-electron chi connectivity index (χ1n) is 11.7. The molecule has 0 saturated heterocycles. The number of amides is 2. The molecule has 1 aliphatic rings. The molecule has 0 bridgehead atoms. The zero-order chi connectivity index (χ0) is 23.9. The third-order valence-electron chi connectivity index (χ3n) is 6.01. The van der Waals surface area contributed by atoms with Gasteiger partial charge >= 0.3 is 0 Å². The fraction of sp³-hybridized carbons (Fsp3) is 0.333. The molecular weight excluding hydrogens is 451 g/mol. The van der Waals surface area contributed by atoms with E-state index < -0.39 is 11.9 Å². The molecule has 2 aromatic carbocycles. The van der Waals surface area contributed by atoms with E-state index in [0.717, 1.165) is 30.6 Å². The lowest BCUT2D eigenvalue weighted by molar-refractivity contribution is -0.127. The van der Waals surface area contributed by atoms with Crippen LogP contribution in [0.15, 0.2) is 66.0 Å². The minimum absolute atomic E-state index is 0.0261. The predicted molar refractivity (Wildman–Crippen MR) is 133 cm³/mol. The van der Waals surface area contributed by atoms with Crippen LogP contribution in [0, 0.1) is 5.82 Å². The van der Waals surface area contributed by atoms with Gasteiger partial charge in [-0.15, -0.1) is 11.3 Å². The van der Waals surface area contributed by atoms with Gasteiger partial charge in [-0.1, -0.05) is 49.2 Å². The molecule has 0 aliphatic heterocycles. The molecule has 1 aliphatic carbocycles. The van der Waals surface area contributed by atoms with Crippen LogP contribution in [0.25, 0.3) is 0 Å². The molecule has 0 unspecified atom stereocenters. The number of carbonyl (C=O) groups is 2. The average molecular weight is 481 g/mol. The summed E-state index contributed by atoms with van der Waals surface area (Å²) < 4.78 is 20.9. The zero-order valence-corrected chi connectivity index (χ0v) is 20.0. The van der Waals surface area contributed by atoms with Gasteiger partial charge < -0.3 is 10.1 Å². The van der Waals surface area contributed by atoms with E-state index in [2.05, 4.69) is 5.32 Å². The maximum absolute atomic E-state index is 15.1. The molecule has 5 nitrogen and oxygen atoms in total. The van der Waals surface area contributed by atoms with Crippen LogP contribution in [0.1, 0.15) is 49.1 Å². The fourth-order valence-corrected chi connectivity index (χ4v) is 5.14. The van der Waals surface area contributed by atoms with Gasteiger partial charge in [-0.2, -0.15) is 0 Å². The first kappa shape index (κ1) is 24.0. The van der Waals surface area contributed by atoms with E-state index in [1.165, 1.54) is 22.3 Å². The van der Waals surface area contributed by atoms with Crippen molar-refractivity contribution in [2.45, 2.75) is 51.1 Å². The molecule has 1 fully saturated rings. The van der Waals surface area contributed by atoms with Gasteiger partial charge in [-0.05, 0) is 49.4 Å². The van der Waals surface area contributed by atoms with Crippen molar-refractivity contribution in [3.63, 3.8) is 0 Å². The Hall–Kier alpha value is -3.19. The van der Waals surface area contributed by atoms with Crippen LogP contribution in [0.3, 0.4) is 0 Å². The lowest BCUT2D eigenvalue weighted by Crippen LogP contribution is -2.47. The number of hydrogen-bond acceptors (Lipinski definition) is 4. The lowest BCUT2D eigenvalue weighted by atomic mass is 10.0. The molecule has 4 rings (SSSR count). The van der Waals surface area contributed by atoms with E-state index in [0.29, 0.717) is 18.0 Å². The lowest BCUT2D eigenvalue weighted by Gasteiger charge is -2.33. The summed E-state index contributed by atoms with van der Waals surface area (Å²) >= 11 is 1.47. The van der Waals surface area contributed by atoms with Crippen molar-refractivity contribution < 1.29 is 18.7 Å². The van der Waals surface area contributed by atoms with Gasteiger partial charge in [-0.25, -0.2) is 4.39 Å². The molecule has 1 aromatic heterocycles. The highest BCUT2D eigenvalue weighted by molar-refractivity contribution is 7.10. The molecule has 7 heteroatoms. The number of nitrogens with one attached hydrogen (secondary N) is 1. The normalized spacial score (nSPS) is 14.5. The summed E-state index contributed by atoms with van der Waals surface area (Å²) in [5.41, 5.74) is 0.601. The highest BCUT2D eigenvalue weighted by atomic mass is 32.1. The smallest absolute Gasteiger partial charge is 0.248 e. The minimum atomic E-state index is -1.17. The molecular formula is C27H29FN2O3S. The Morgan fingerprint density at radius 2 is 1.82 bits per heavy atom. The minimum Gasteiger partial charge on any atom is -0.492 e. The van der Waals surface area contributed by atoms with Gasteiger partial charge in [0.25, 0.3) is 0 Å². The van der Waals surface area contributed by atoms with Crippen LogP contribution in [0.2, 0.25) is 0 Å². The number of para-hydroxylation sites is 2. The summed E-state index contributed by atoms with van der Waals surface area (Å²) in [5.74, 6) is -0.747. The van der Waals surface area contributed by atoms with Crippen molar-refractivity contribution in [2.75, 3.05) is 11.5 Å². The van der Waals surface area contributed by atoms with Gasteiger partial charge in [0, 0.05) is 16.5 Å². The van der Waals surface area contributed by atoms with Crippen molar-refractivity contribution in [1.29, 1.82) is 0 Å². The standard InChI is InChI=1S/C27H29FN2O3S/c1-2-33-24-16-8-7-15-23(24)30(25(31)18-20-12-9-17-34-20)26(21-13-5-6-14-22(21)28)27(32)29-19-10-3-4-11-19/h5-9,12-17,19,26H,2-4,10-11,18H2,1H3,(H,29,32)/t26-/m0/s1. The zero-order valence-electron chi connectivity index (χ0n) is 19.2. The number of ether oxygens (including phenoxy) is 1. The van der Waals surface area contributed by atoms with Crippen LogP contribution < -0.4 is 15.0 Å². The molecule has 0 radical (unpaired) electrons. The van der Waals surface area contributed by atoms with Crippen LogP contribution in [0.5, 0.6) is 5.75 Å². The van der Waals surface area contributed by atoms with Gasteiger partial charge in [0.1, 0.15) is 17.6 Å². The van der Waals surface area contributed by atoms with E-state index in [9.17, 15) is 9.59 Å². The number of rotatable bonds is 9. The summed E-state index contributed by atoms with van der Waals surface area (Å²) in [5, 5.41) is 4.99. The van der Waals surface area contributed by atoms with Crippen LogP contribution in [-0.2, 0) is 16.0 Å². The number of thiophene rings is 1. The first-order valence-corrected chi connectivity index (χ1v) is 12.6. The van der Waals surface area contributed by atoms with Crippen molar-refractivity contribution in [3.05, 3.63) is 82.3 Å². The summed E-state index contributed by atoms with van der Waals surface area (Å²) in [4.78, 5) is 29.8. The van der Waals surface area contributed by atoms with Crippen molar-refractivity contribution >= 4 is 28.8 Å². The second-order valence-corrected chi connectivity index (χ2v) is 9.37. The maximum atomic E-state index is 15.1. The first-order chi connectivity index (χ1) is 16.6. The van der Waals surface area contributed by atoms with E-state index in [1.807, 2.05) is 30.5 Å². The Bertz CT molecular complexity index is 1110. The number of benzene rings is 2. The summed E-state index contributed by atoms with van der Waals surface area (Å²) in [6, 6.07) is 15.9. The van der Waals surface area contributed by atoms with E-state index in [4.69, 9.17) is 4.74 Å². The van der Waals surface area contributed by atoms with Crippen LogP contribution in [-0.4, -0.2) is 24.5 Å². The maximum Gasteiger partial charge on any atom is 0.248 e. The molecule has 1 saturated carbocycles. The molecule has 3 aromatic rings. The van der Waals surface area contributed by atoms with Crippen molar-refractivity contribution in [1.82, 2.24) is 5.32 Å². The summed E-state index contributed by atoms with van der Waals surface area (Å²) in [7, 11) is 0. The number of halogens is 1. The SMILES string of the molecule is CCOc1ccccc1N(C(=O)Cc1cccs1)[C@H](C(=O)NC1CCCC1)c1ccccc1F. The van der Waals surface area contributed by atoms with Crippen molar-refractivity contribution in [3.8, 4) is 5.75 Å². The molecule has 2 amide bonds. The van der Waals surface area contributed by atoms with Gasteiger partial charge in [0.15, 0.2) is 0 Å². The topological polar surface area (TPSA) is 58.6 Å². The van der Waals surface area contributed by atoms with E-state index >= 15 is 4.39 Å². The molecule has 0 spiro atoms. The van der Waals surface area contributed by atoms with Crippen LogP contribution in [0.4, 0.5) is 10.1 Å². The Kier molecular flexibility index (Phi) is 7.95. The van der Waals surface area contributed by atoms with Crippen LogP contribution >= 0.6 is 11.3 Å². The molecule has 1 atom stereocenters. The number of anilines is 1. The Morgan fingerprint density at radius 3 is 2.53 bits per heavy atom. The third-order valence-corrected chi connectivity index (χ3v) is 6.88. The Morgan fingerprint density at radius 1 is 1.09 bits per heavy atom. The largest absolute Gasteiger partial charge is 0.492 e. The fourth-order valence-electron chi connectivity index (χ4n) is 4.44. The predicted octanol–water partition coefficient (Wildman–Crippen LogP) is 5.66. The second-order valence-electron chi connectivity index (χ2n) is 8.33. The van der Waals surface area contributed by atoms with E-state index in [1.54, 1.807) is 36.4 Å².